The Morgan fingerprint density at radius 3 is 2.81 bits per heavy atom. The van der Waals surface area contributed by atoms with Crippen molar-refractivity contribution in [2.45, 2.75) is 25.7 Å². The smallest absolute Gasteiger partial charge is 0.233 e. The molecule has 0 saturated carbocycles. The monoisotopic (exact) mass is 373 g/mol. The molecule has 4 nitrogen and oxygen atoms in total. The van der Waals surface area contributed by atoms with Gasteiger partial charge in [0.1, 0.15) is 0 Å². The van der Waals surface area contributed by atoms with Gasteiger partial charge in [0.2, 0.25) is 5.91 Å². The second-order valence-electron chi connectivity index (χ2n) is 6.85. The number of carbonyl (C=O) groups is 1. The molecule has 3 aromatic rings. The van der Waals surface area contributed by atoms with E-state index in [0.717, 1.165) is 16.7 Å². The van der Waals surface area contributed by atoms with Crippen molar-refractivity contribution in [3.8, 4) is 6.07 Å². The van der Waals surface area contributed by atoms with Crippen LogP contribution in [-0.4, -0.2) is 10.9 Å². The molecule has 134 valence electrons. The summed E-state index contributed by atoms with van der Waals surface area (Å²) in [7, 11) is 0. The van der Waals surface area contributed by atoms with Crippen LogP contribution in [0.1, 0.15) is 41.5 Å². The van der Waals surface area contributed by atoms with Gasteiger partial charge < -0.3 is 5.32 Å². The van der Waals surface area contributed by atoms with Gasteiger partial charge in [0.05, 0.1) is 17.0 Å². The number of nitrogens with one attached hydrogen (secondary N) is 1. The molecule has 2 atom stereocenters. The molecular weight excluding hydrogens is 354 g/mol. The third kappa shape index (κ3) is 2.92. The third-order valence-corrected chi connectivity index (χ3v) is 6.20. The van der Waals surface area contributed by atoms with Crippen LogP contribution < -0.4 is 5.32 Å². The Labute approximate surface area is 162 Å². The van der Waals surface area contributed by atoms with Crippen molar-refractivity contribution in [2.24, 2.45) is 5.41 Å². The largest absolute Gasteiger partial charge is 0.301 e. The summed E-state index contributed by atoms with van der Waals surface area (Å²) in [6.07, 6.45) is 3.04. The number of fused-ring (bicyclic) bond motifs is 1. The fourth-order valence-electron chi connectivity index (χ4n) is 4.19. The highest BCUT2D eigenvalue weighted by Gasteiger charge is 2.51. The molecule has 0 unspecified atom stereocenters. The molecule has 4 rings (SSSR count). The van der Waals surface area contributed by atoms with E-state index in [1.165, 1.54) is 11.3 Å². The van der Waals surface area contributed by atoms with E-state index in [9.17, 15) is 10.1 Å². The average molecular weight is 373 g/mol. The minimum absolute atomic E-state index is 0.0106. The van der Waals surface area contributed by atoms with Gasteiger partial charge in [-0.05, 0) is 41.7 Å². The lowest BCUT2D eigenvalue weighted by Crippen LogP contribution is -2.39. The predicted octanol–water partition coefficient (Wildman–Crippen LogP) is 4.74. The van der Waals surface area contributed by atoms with Crippen molar-refractivity contribution in [3.05, 3.63) is 82.4 Å². The molecule has 0 aliphatic heterocycles. The van der Waals surface area contributed by atoms with Gasteiger partial charge in [0.25, 0.3) is 0 Å². The number of benzene rings is 2. The number of hydrogen-bond acceptors (Lipinski definition) is 4. The summed E-state index contributed by atoms with van der Waals surface area (Å²) in [5.74, 6) is -0.101. The zero-order valence-electron chi connectivity index (χ0n) is 15.0. The van der Waals surface area contributed by atoms with Crippen LogP contribution in [0.25, 0.3) is 0 Å². The van der Waals surface area contributed by atoms with Gasteiger partial charge >= 0.3 is 0 Å². The molecule has 1 N–H and O–H groups in total. The number of hydrogen-bond donors (Lipinski definition) is 1. The highest BCUT2D eigenvalue weighted by Crippen LogP contribution is 2.53. The number of rotatable bonds is 4. The van der Waals surface area contributed by atoms with E-state index in [1.807, 2.05) is 41.8 Å². The highest BCUT2D eigenvalue weighted by atomic mass is 32.1. The van der Waals surface area contributed by atoms with Crippen molar-refractivity contribution in [3.63, 3.8) is 0 Å². The molecule has 1 aliphatic rings. The molecule has 0 fully saturated rings. The highest BCUT2D eigenvalue weighted by molar-refractivity contribution is 7.13. The number of nitrogens with zero attached hydrogens (tertiary/aromatic N) is 2. The molecule has 1 aromatic heterocycles. The van der Waals surface area contributed by atoms with Gasteiger partial charge in [-0.3, -0.25) is 4.79 Å². The maximum absolute atomic E-state index is 13.5. The molecule has 5 heteroatoms. The lowest BCUT2D eigenvalue weighted by molar-refractivity contribution is -0.126. The summed E-state index contributed by atoms with van der Waals surface area (Å²) in [4.78, 5) is 17.7. The lowest BCUT2D eigenvalue weighted by Gasteiger charge is -2.33. The van der Waals surface area contributed by atoms with Crippen LogP contribution in [-0.2, 0) is 11.2 Å². The van der Waals surface area contributed by atoms with Crippen LogP contribution in [0.15, 0.2) is 60.1 Å². The minimum atomic E-state index is -0.608. The predicted molar refractivity (Wildman–Crippen MR) is 107 cm³/mol. The molecular formula is C22H19N3OS. The summed E-state index contributed by atoms with van der Waals surface area (Å²) < 4.78 is 0. The van der Waals surface area contributed by atoms with Crippen molar-refractivity contribution in [1.29, 1.82) is 5.26 Å². The Kier molecular flexibility index (Phi) is 4.51. The first-order valence-electron chi connectivity index (χ1n) is 8.97. The molecule has 1 heterocycles. The summed E-state index contributed by atoms with van der Waals surface area (Å²) in [5.41, 5.74) is 3.34. The summed E-state index contributed by atoms with van der Waals surface area (Å²) >= 11 is 1.42. The first-order chi connectivity index (χ1) is 13.2. The standard InChI is InChI=1S/C22H19N3OS/c1-2-22(20(26)25-21-24-10-11-27-21)13-17-9-8-15(14-23)12-18(17)19(22)16-6-4-3-5-7-16/h3-12,19H,2,13H2,1H3,(H,24,25,26)/t19-,22+/m1/s1. The van der Waals surface area contributed by atoms with E-state index in [4.69, 9.17) is 0 Å². The maximum atomic E-state index is 13.5. The number of aromatic nitrogens is 1. The normalized spacial score (nSPS) is 20.7. The Bertz CT molecular complexity index is 1010. The molecule has 0 spiro atoms. The van der Waals surface area contributed by atoms with Gasteiger partial charge in [-0.25, -0.2) is 4.98 Å². The van der Waals surface area contributed by atoms with E-state index in [-0.39, 0.29) is 11.8 Å². The Morgan fingerprint density at radius 1 is 1.33 bits per heavy atom. The fourth-order valence-corrected chi connectivity index (χ4v) is 4.71. The molecule has 27 heavy (non-hydrogen) atoms. The fraction of sp³-hybridized carbons (Fsp3) is 0.227. The van der Waals surface area contributed by atoms with Crippen LogP contribution in [0.3, 0.4) is 0 Å². The summed E-state index contributed by atoms with van der Waals surface area (Å²) in [5, 5.41) is 14.9. The minimum Gasteiger partial charge on any atom is -0.301 e. The van der Waals surface area contributed by atoms with Crippen LogP contribution in [0, 0.1) is 16.7 Å². The molecule has 2 aromatic carbocycles. The van der Waals surface area contributed by atoms with Gasteiger partial charge in [-0.1, -0.05) is 43.3 Å². The van der Waals surface area contributed by atoms with E-state index in [0.29, 0.717) is 23.5 Å². The second kappa shape index (κ2) is 6.98. The summed E-state index contributed by atoms with van der Waals surface area (Å²) in [6, 6.07) is 18.1. The first kappa shape index (κ1) is 17.4. The van der Waals surface area contributed by atoms with E-state index >= 15 is 0 Å². The lowest BCUT2D eigenvalue weighted by atomic mass is 9.70. The number of nitriles is 1. The molecule has 0 saturated heterocycles. The SMILES string of the molecule is CC[C@]1(C(=O)Nc2nccs2)Cc2ccc(C#N)cc2[C@H]1c1ccccc1. The third-order valence-electron chi connectivity index (χ3n) is 5.51. The zero-order valence-corrected chi connectivity index (χ0v) is 15.8. The maximum Gasteiger partial charge on any atom is 0.233 e. The number of carbonyl (C=O) groups excluding carboxylic acids is 1. The molecule has 0 radical (unpaired) electrons. The van der Waals surface area contributed by atoms with Crippen LogP contribution in [0.2, 0.25) is 0 Å². The Hall–Kier alpha value is -2.97. The van der Waals surface area contributed by atoms with Crippen molar-refractivity contribution in [1.82, 2.24) is 4.98 Å². The molecule has 1 amide bonds. The number of anilines is 1. The number of thiazole rings is 1. The van der Waals surface area contributed by atoms with Crippen molar-refractivity contribution >= 4 is 22.4 Å². The van der Waals surface area contributed by atoms with Crippen LogP contribution >= 0.6 is 11.3 Å². The van der Waals surface area contributed by atoms with Gasteiger partial charge in [-0.15, -0.1) is 11.3 Å². The van der Waals surface area contributed by atoms with Gasteiger partial charge in [0.15, 0.2) is 5.13 Å². The van der Waals surface area contributed by atoms with Gasteiger partial charge in [0, 0.05) is 17.5 Å². The molecule has 1 aliphatic carbocycles. The number of amides is 1. The van der Waals surface area contributed by atoms with Crippen LogP contribution in [0.5, 0.6) is 0 Å². The van der Waals surface area contributed by atoms with Crippen LogP contribution in [0.4, 0.5) is 5.13 Å². The van der Waals surface area contributed by atoms with Crippen molar-refractivity contribution < 1.29 is 4.79 Å². The van der Waals surface area contributed by atoms with Crippen molar-refractivity contribution in [2.75, 3.05) is 5.32 Å². The topological polar surface area (TPSA) is 65.8 Å². The Balaban J connectivity index is 1.84. The van der Waals surface area contributed by atoms with E-state index in [1.54, 1.807) is 6.20 Å². The van der Waals surface area contributed by atoms with E-state index < -0.39 is 5.41 Å². The molecule has 0 bridgehead atoms. The zero-order chi connectivity index (χ0) is 18.9. The average Bonchev–Trinajstić information content (AvgIpc) is 3.33. The Morgan fingerprint density at radius 2 is 2.15 bits per heavy atom. The van der Waals surface area contributed by atoms with Gasteiger partial charge in [-0.2, -0.15) is 5.26 Å². The van der Waals surface area contributed by atoms with E-state index in [2.05, 4.69) is 35.4 Å². The first-order valence-corrected chi connectivity index (χ1v) is 9.84. The summed E-state index contributed by atoms with van der Waals surface area (Å²) in [6.45, 7) is 2.06. The second-order valence-corrected chi connectivity index (χ2v) is 7.74. The quantitative estimate of drug-likeness (QED) is 0.718.